The third-order valence-corrected chi connectivity index (χ3v) is 4.04. The van der Waals surface area contributed by atoms with Crippen molar-refractivity contribution in [2.75, 3.05) is 0 Å². The number of nitrogens with zero attached hydrogens (tertiary/aromatic N) is 1. The molecule has 0 saturated carbocycles. The highest BCUT2D eigenvalue weighted by molar-refractivity contribution is 6.35. The van der Waals surface area contributed by atoms with Crippen LogP contribution < -0.4 is 0 Å². The first-order valence-electron chi connectivity index (χ1n) is 6.97. The smallest absolute Gasteiger partial charge is 0.0672 e. The summed E-state index contributed by atoms with van der Waals surface area (Å²) >= 11 is 6.32. The molecule has 1 nitrogen and oxygen atoms in total. The normalized spacial score (nSPS) is 11.4. The van der Waals surface area contributed by atoms with Gasteiger partial charge in [0.1, 0.15) is 0 Å². The van der Waals surface area contributed by atoms with Crippen molar-refractivity contribution in [3.63, 3.8) is 0 Å². The molecule has 20 heavy (non-hydrogen) atoms. The van der Waals surface area contributed by atoms with Gasteiger partial charge < -0.3 is 4.57 Å². The van der Waals surface area contributed by atoms with E-state index in [1.807, 2.05) is 12.1 Å². The van der Waals surface area contributed by atoms with Crippen LogP contribution in [0.1, 0.15) is 30.9 Å². The van der Waals surface area contributed by atoms with Gasteiger partial charge >= 0.3 is 0 Å². The number of benzene rings is 2. The van der Waals surface area contributed by atoms with Crippen molar-refractivity contribution in [2.24, 2.45) is 0 Å². The van der Waals surface area contributed by atoms with Gasteiger partial charge in [0, 0.05) is 18.1 Å². The van der Waals surface area contributed by atoms with Crippen LogP contribution in [0.25, 0.3) is 10.9 Å². The topological polar surface area (TPSA) is 4.93 Å². The summed E-state index contributed by atoms with van der Waals surface area (Å²) in [4.78, 5) is 0. The first-order valence-corrected chi connectivity index (χ1v) is 7.35. The Balaban J connectivity index is 1.93. The zero-order valence-electron chi connectivity index (χ0n) is 11.8. The SMILES string of the molecule is CC(C)c1ccc(Cn2ccc3cccc(Cl)c32)cc1. The molecule has 3 aromatic rings. The van der Waals surface area contributed by atoms with E-state index < -0.39 is 0 Å². The highest BCUT2D eigenvalue weighted by atomic mass is 35.5. The van der Waals surface area contributed by atoms with Crippen molar-refractivity contribution in [2.45, 2.75) is 26.3 Å². The number of hydrogen-bond acceptors (Lipinski definition) is 0. The quantitative estimate of drug-likeness (QED) is 0.601. The summed E-state index contributed by atoms with van der Waals surface area (Å²) in [6, 6.07) is 17.0. The third-order valence-electron chi connectivity index (χ3n) is 3.74. The van der Waals surface area contributed by atoms with Gasteiger partial charge in [-0.1, -0.05) is 61.8 Å². The number of para-hydroxylation sites is 1. The Morgan fingerprint density at radius 3 is 2.45 bits per heavy atom. The van der Waals surface area contributed by atoms with Gasteiger partial charge in [-0.2, -0.15) is 0 Å². The number of aromatic nitrogens is 1. The van der Waals surface area contributed by atoms with E-state index in [1.165, 1.54) is 16.5 Å². The zero-order chi connectivity index (χ0) is 14.1. The molecule has 0 fully saturated rings. The fraction of sp³-hybridized carbons (Fsp3) is 0.222. The lowest BCUT2D eigenvalue weighted by molar-refractivity contribution is 0.829. The number of rotatable bonds is 3. The van der Waals surface area contributed by atoms with Crippen LogP contribution >= 0.6 is 11.6 Å². The molecule has 0 spiro atoms. The summed E-state index contributed by atoms with van der Waals surface area (Å²) in [6.45, 7) is 5.29. The highest BCUT2D eigenvalue weighted by Crippen LogP contribution is 2.25. The first-order chi connectivity index (χ1) is 9.65. The summed E-state index contributed by atoms with van der Waals surface area (Å²) in [7, 11) is 0. The van der Waals surface area contributed by atoms with E-state index >= 15 is 0 Å². The molecule has 0 N–H and O–H groups in total. The highest BCUT2D eigenvalue weighted by Gasteiger charge is 2.06. The molecule has 0 radical (unpaired) electrons. The van der Waals surface area contributed by atoms with Gasteiger partial charge in [-0.25, -0.2) is 0 Å². The molecule has 0 saturated heterocycles. The lowest BCUT2D eigenvalue weighted by Gasteiger charge is -2.09. The Morgan fingerprint density at radius 2 is 1.75 bits per heavy atom. The largest absolute Gasteiger partial charge is 0.342 e. The van der Waals surface area contributed by atoms with Gasteiger partial charge in [-0.15, -0.1) is 0 Å². The van der Waals surface area contributed by atoms with Crippen LogP contribution in [-0.2, 0) is 6.54 Å². The molecule has 0 unspecified atom stereocenters. The van der Waals surface area contributed by atoms with E-state index in [9.17, 15) is 0 Å². The van der Waals surface area contributed by atoms with E-state index in [-0.39, 0.29) is 0 Å². The average molecular weight is 284 g/mol. The Kier molecular flexibility index (Phi) is 3.54. The molecule has 3 rings (SSSR count). The predicted molar refractivity (Wildman–Crippen MR) is 86.6 cm³/mol. The van der Waals surface area contributed by atoms with Crippen molar-refractivity contribution < 1.29 is 0 Å². The van der Waals surface area contributed by atoms with Crippen molar-refractivity contribution >= 4 is 22.5 Å². The summed E-state index contributed by atoms with van der Waals surface area (Å²) in [5.41, 5.74) is 3.79. The molecule has 0 atom stereocenters. The van der Waals surface area contributed by atoms with Gasteiger partial charge in [0.2, 0.25) is 0 Å². The van der Waals surface area contributed by atoms with E-state index in [0.717, 1.165) is 17.1 Å². The van der Waals surface area contributed by atoms with Gasteiger partial charge in [-0.05, 0) is 29.2 Å². The van der Waals surface area contributed by atoms with Crippen LogP contribution in [0.15, 0.2) is 54.7 Å². The third kappa shape index (κ3) is 2.46. The zero-order valence-corrected chi connectivity index (χ0v) is 12.6. The number of halogens is 1. The lowest BCUT2D eigenvalue weighted by atomic mass is 10.0. The first kappa shape index (κ1) is 13.3. The lowest BCUT2D eigenvalue weighted by Crippen LogP contribution is -1.98. The average Bonchev–Trinajstić information content (AvgIpc) is 2.84. The van der Waals surface area contributed by atoms with Gasteiger partial charge in [0.15, 0.2) is 0 Å². The standard InChI is InChI=1S/C18H18ClN/c1-13(2)15-8-6-14(7-9-15)12-20-11-10-16-4-3-5-17(19)18(16)20/h3-11,13H,12H2,1-2H3. The molecule has 0 amide bonds. The molecule has 2 heteroatoms. The molecule has 0 aliphatic rings. The minimum atomic E-state index is 0.575. The molecule has 0 aliphatic carbocycles. The summed E-state index contributed by atoms with van der Waals surface area (Å²) in [5, 5.41) is 2.00. The second-order valence-electron chi connectivity index (χ2n) is 5.52. The molecule has 2 aromatic carbocycles. The molecular formula is C18H18ClN. The Bertz CT molecular complexity index is 723. The molecule has 0 bridgehead atoms. The van der Waals surface area contributed by atoms with Crippen molar-refractivity contribution in [3.8, 4) is 0 Å². The Labute approximate surface area is 124 Å². The van der Waals surface area contributed by atoms with E-state index in [1.54, 1.807) is 0 Å². The van der Waals surface area contributed by atoms with Crippen molar-refractivity contribution in [1.82, 2.24) is 4.57 Å². The number of fused-ring (bicyclic) bond motifs is 1. The van der Waals surface area contributed by atoms with Gasteiger partial charge in [-0.3, -0.25) is 0 Å². The van der Waals surface area contributed by atoms with E-state index in [4.69, 9.17) is 11.6 Å². The summed E-state index contributed by atoms with van der Waals surface area (Å²) < 4.78 is 2.21. The van der Waals surface area contributed by atoms with Crippen LogP contribution in [0, 0.1) is 0 Å². The second-order valence-corrected chi connectivity index (χ2v) is 5.92. The maximum atomic E-state index is 6.32. The van der Waals surface area contributed by atoms with Crippen LogP contribution in [0.2, 0.25) is 5.02 Å². The summed E-state index contributed by atoms with van der Waals surface area (Å²) in [6.07, 6.45) is 2.10. The minimum absolute atomic E-state index is 0.575. The summed E-state index contributed by atoms with van der Waals surface area (Å²) in [5.74, 6) is 0.575. The number of hydrogen-bond donors (Lipinski definition) is 0. The maximum Gasteiger partial charge on any atom is 0.0672 e. The van der Waals surface area contributed by atoms with Gasteiger partial charge in [0.05, 0.1) is 10.5 Å². The molecule has 0 aliphatic heterocycles. The maximum absolute atomic E-state index is 6.32. The monoisotopic (exact) mass is 283 g/mol. The van der Waals surface area contributed by atoms with Gasteiger partial charge in [0.25, 0.3) is 0 Å². The minimum Gasteiger partial charge on any atom is -0.342 e. The van der Waals surface area contributed by atoms with E-state index in [0.29, 0.717) is 5.92 Å². The fourth-order valence-corrected chi connectivity index (χ4v) is 2.84. The van der Waals surface area contributed by atoms with Crippen LogP contribution in [0.4, 0.5) is 0 Å². The molecule has 102 valence electrons. The van der Waals surface area contributed by atoms with E-state index in [2.05, 4.69) is 61.0 Å². The van der Waals surface area contributed by atoms with Crippen molar-refractivity contribution in [1.29, 1.82) is 0 Å². The predicted octanol–water partition coefficient (Wildman–Crippen LogP) is 5.47. The fourth-order valence-electron chi connectivity index (χ4n) is 2.55. The Morgan fingerprint density at radius 1 is 1.00 bits per heavy atom. The molecule has 1 heterocycles. The van der Waals surface area contributed by atoms with Crippen LogP contribution in [0.5, 0.6) is 0 Å². The molecule has 1 aromatic heterocycles. The Hall–Kier alpha value is -1.73. The second kappa shape index (κ2) is 5.34. The van der Waals surface area contributed by atoms with Crippen LogP contribution in [0.3, 0.4) is 0 Å². The molecular weight excluding hydrogens is 266 g/mol. The van der Waals surface area contributed by atoms with Crippen molar-refractivity contribution in [3.05, 3.63) is 70.9 Å². The van der Waals surface area contributed by atoms with Crippen LogP contribution in [-0.4, -0.2) is 4.57 Å².